The second kappa shape index (κ2) is 4.24. The second-order valence-electron chi connectivity index (χ2n) is 3.72. The Morgan fingerprint density at radius 1 is 1.18 bits per heavy atom. The Hall–Kier alpha value is 0.914. The summed E-state index contributed by atoms with van der Waals surface area (Å²) >= 11 is 3.82. The van der Waals surface area contributed by atoms with Crippen LogP contribution in [-0.2, 0) is 0 Å². The van der Waals surface area contributed by atoms with Crippen LogP contribution in [0, 0.1) is 0 Å². The van der Waals surface area contributed by atoms with Crippen LogP contribution in [0.5, 0.6) is 0 Å². The quantitative estimate of drug-likeness (QED) is 0.515. The van der Waals surface area contributed by atoms with Crippen LogP contribution in [0.1, 0.15) is 13.8 Å². The van der Waals surface area contributed by atoms with Crippen molar-refractivity contribution in [2.45, 2.75) is 50.1 Å². The van der Waals surface area contributed by atoms with E-state index in [9.17, 15) is 0 Å². The summed E-state index contributed by atoms with van der Waals surface area (Å²) in [5, 5.41) is 0. The summed E-state index contributed by atoms with van der Waals surface area (Å²) < 4.78 is 0. The maximum atomic E-state index is 3.82. The van der Waals surface area contributed by atoms with Crippen LogP contribution in [0.3, 0.4) is 0 Å². The fraction of sp³-hybridized carbons (Fsp3) is 1.00. The average Bonchev–Trinajstić information content (AvgIpc) is 2.07. The predicted octanol–water partition coefficient (Wildman–Crippen LogP) is 3.88. The monoisotopic (exact) mass is 249 g/mol. The van der Waals surface area contributed by atoms with Gasteiger partial charge in [-0.2, -0.15) is 0 Å². The van der Waals surface area contributed by atoms with Gasteiger partial charge in [-0.25, -0.2) is 0 Å². The first-order valence-corrected chi connectivity index (χ1v) is 11.7. The molecule has 1 radical (unpaired) electrons. The van der Waals surface area contributed by atoms with Gasteiger partial charge in [-0.15, -0.1) is 15.3 Å². The van der Waals surface area contributed by atoms with Crippen molar-refractivity contribution in [3.8, 4) is 0 Å². The van der Waals surface area contributed by atoms with E-state index in [0.717, 1.165) is 0 Å². The first kappa shape index (κ1) is 10.00. The minimum atomic E-state index is -0.677. The Morgan fingerprint density at radius 3 is 2.00 bits per heavy atom. The van der Waals surface area contributed by atoms with E-state index < -0.39 is 8.07 Å². The standard InChI is InChI=1S/C8H18BrSi2/c1-3-11(4-2)7-5-10(9)6-8-11/h3-8H2,1-2H3. The molecule has 1 heterocycles. The van der Waals surface area contributed by atoms with Crippen LogP contribution < -0.4 is 0 Å². The minimum absolute atomic E-state index is 0.0358. The first-order chi connectivity index (χ1) is 5.22. The molecule has 0 unspecified atom stereocenters. The molecule has 0 atom stereocenters. The fourth-order valence-electron chi connectivity index (χ4n) is 2.01. The molecule has 1 fully saturated rings. The van der Waals surface area contributed by atoms with Crippen molar-refractivity contribution in [2.75, 3.05) is 0 Å². The SMILES string of the molecule is CC[Si]1(CC)CC[Si](Br)CC1. The largest absolute Gasteiger partial charge is 0.134 e. The first-order valence-electron chi connectivity index (χ1n) is 4.72. The van der Waals surface area contributed by atoms with E-state index in [2.05, 4.69) is 29.1 Å². The molecule has 1 rings (SSSR count). The molecule has 1 aliphatic rings. The molecule has 0 nitrogen and oxygen atoms in total. The van der Waals surface area contributed by atoms with Gasteiger partial charge in [0.25, 0.3) is 0 Å². The van der Waals surface area contributed by atoms with Gasteiger partial charge in [0, 0.05) is 0 Å². The summed E-state index contributed by atoms with van der Waals surface area (Å²) in [6, 6.07) is 9.42. The van der Waals surface area contributed by atoms with Gasteiger partial charge in [0.05, 0.1) is 8.07 Å². The lowest BCUT2D eigenvalue weighted by atomic mass is 10.9. The van der Waals surface area contributed by atoms with E-state index in [1.165, 1.54) is 12.1 Å². The second-order valence-corrected chi connectivity index (χ2v) is 14.5. The Morgan fingerprint density at radius 2 is 1.64 bits per heavy atom. The van der Waals surface area contributed by atoms with Gasteiger partial charge in [0.15, 0.2) is 0 Å². The van der Waals surface area contributed by atoms with E-state index in [1.54, 1.807) is 24.2 Å². The molecular formula is C8H18BrSi2. The number of hydrogen-bond donors (Lipinski definition) is 0. The van der Waals surface area contributed by atoms with E-state index in [0.29, 0.717) is 0 Å². The summed E-state index contributed by atoms with van der Waals surface area (Å²) in [4.78, 5) is 0. The maximum absolute atomic E-state index is 3.82. The zero-order valence-electron chi connectivity index (χ0n) is 7.62. The number of halogens is 1. The normalized spacial score (nSPS) is 25.4. The van der Waals surface area contributed by atoms with Gasteiger partial charge in [0.2, 0.25) is 0 Å². The van der Waals surface area contributed by atoms with E-state index in [-0.39, 0.29) is 7.42 Å². The smallest absolute Gasteiger partial charge is 0.129 e. The van der Waals surface area contributed by atoms with Crippen molar-refractivity contribution in [3.63, 3.8) is 0 Å². The van der Waals surface area contributed by atoms with Gasteiger partial charge >= 0.3 is 0 Å². The summed E-state index contributed by atoms with van der Waals surface area (Å²) in [5.74, 6) is 0. The van der Waals surface area contributed by atoms with Crippen LogP contribution in [0.2, 0.25) is 36.3 Å². The van der Waals surface area contributed by atoms with Crippen LogP contribution in [-0.4, -0.2) is 15.5 Å². The molecule has 0 aromatic rings. The molecule has 0 amide bonds. The molecule has 0 bridgehead atoms. The molecule has 3 heteroatoms. The van der Waals surface area contributed by atoms with Crippen LogP contribution in [0.4, 0.5) is 0 Å². The molecule has 0 N–H and O–H groups in total. The fourth-order valence-corrected chi connectivity index (χ4v) is 14.4. The average molecular weight is 250 g/mol. The van der Waals surface area contributed by atoms with E-state index in [1.807, 2.05) is 0 Å². The van der Waals surface area contributed by atoms with Gasteiger partial charge in [-0.3, -0.25) is 0 Å². The van der Waals surface area contributed by atoms with Crippen molar-refractivity contribution in [2.24, 2.45) is 0 Å². The van der Waals surface area contributed by atoms with Crippen molar-refractivity contribution in [1.29, 1.82) is 0 Å². The highest BCUT2D eigenvalue weighted by Crippen LogP contribution is 2.36. The van der Waals surface area contributed by atoms with Gasteiger partial charge in [-0.1, -0.05) is 50.1 Å². The molecule has 0 aromatic carbocycles. The lowest BCUT2D eigenvalue weighted by Crippen LogP contribution is -2.37. The summed E-state index contributed by atoms with van der Waals surface area (Å²) in [5.41, 5.74) is 0. The molecule has 0 aromatic heterocycles. The van der Waals surface area contributed by atoms with E-state index >= 15 is 0 Å². The van der Waals surface area contributed by atoms with Crippen LogP contribution >= 0.6 is 15.3 Å². The van der Waals surface area contributed by atoms with Crippen molar-refractivity contribution >= 4 is 30.8 Å². The highest BCUT2D eigenvalue weighted by molar-refractivity contribution is 9.24. The highest BCUT2D eigenvalue weighted by atomic mass is 79.9. The third-order valence-corrected chi connectivity index (χ3v) is 13.9. The van der Waals surface area contributed by atoms with Gasteiger partial charge in [0.1, 0.15) is 7.42 Å². The van der Waals surface area contributed by atoms with Crippen molar-refractivity contribution < 1.29 is 0 Å². The Bertz CT molecular complexity index is 113. The molecular weight excluding hydrogens is 232 g/mol. The molecule has 11 heavy (non-hydrogen) atoms. The van der Waals surface area contributed by atoms with E-state index in [4.69, 9.17) is 0 Å². The molecule has 1 aliphatic heterocycles. The lowest BCUT2D eigenvalue weighted by molar-refractivity contribution is 1.07. The van der Waals surface area contributed by atoms with Gasteiger partial charge < -0.3 is 0 Å². The third kappa shape index (κ3) is 2.42. The maximum Gasteiger partial charge on any atom is 0.134 e. The van der Waals surface area contributed by atoms with Crippen LogP contribution in [0.25, 0.3) is 0 Å². The Kier molecular flexibility index (Phi) is 3.85. The summed E-state index contributed by atoms with van der Waals surface area (Å²) in [6.45, 7) is 4.84. The lowest BCUT2D eigenvalue weighted by Gasteiger charge is -2.34. The third-order valence-electron chi connectivity index (χ3n) is 3.35. The Labute approximate surface area is 81.0 Å². The zero-order chi connectivity index (χ0) is 8.32. The zero-order valence-corrected chi connectivity index (χ0v) is 11.2. The van der Waals surface area contributed by atoms with Crippen molar-refractivity contribution in [1.82, 2.24) is 0 Å². The molecule has 65 valence electrons. The topological polar surface area (TPSA) is 0 Å². The molecule has 0 aliphatic carbocycles. The summed E-state index contributed by atoms with van der Waals surface area (Å²) in [6.07, 6.45) is 0. The predicted molar refractivity (Wildman–Crippen MR) is 60.6 cm³/mol. The number of rotatable bonds is 2. The minimum Gasteiger partial charge on any atom is -0.129 e. The molecule has 1 saturated heterocycles. The highest BCUT2D eigenvalue weighted by Gasteiger charge is 2.33. The molecule has 0 spiro atoms. The van der Waals surface area contributed by atoms with Gasteiger partial charge in [-0.05, 0) is 0 Å². The van der Waals surface area contributed by atoms with Crippen molar-refractivity contribution in [3.05, 3.63) is 0 Å². The summed E-state index contributed by atoms with van der Waals surface area (Å²) in [7, 11) is -0.713. The molecule has 0 saturated carbocycles. The Balaban J connectivity index is 2.45. The number of hydrogen-bond acceptors (Lipinski definition) is 0. The van der Waals surface area contributed by atoms with Crippen LogP contribution in [0.15, 0.2) is 0 Å².